The number of aliphatic carboxylic acids is 1. The number of rotatable bonds is 12. The fourth-order valence-electron chi connectivity index (χ4n) is 7.45. The highest BCUT2D eigenvalue weighted by Gasteiger charge is 2.46. The zero-order valence-corrected chi connectivity index (χ0v) is 24.0. The first-order chi connectivity index (χ1) is 19.4. The van der Waals surface area contributed by atoms with Crippen molar-refractivity contribution in [1.29, 1.82) is 0 Å². The SMILES string of the molecule is Cc1ccccc1-c1cc(CN(C2CC2)C2(CC3CCCCC3)CCCC2)ccc1C(=O)NC(CCO)C(=O)O. The van der Waals surface area contributed by atoms with Crippen molar-refractivity contribution in [3.8, 4) is 11.1 Å². The Morgan fingerprint density at radius 1 is 0.975 bits per heavy atom. The van der Waals surface area contributed by atoms with Crippen molar-refractivity contribution in [2.24, 2.45) is 5.92 Å². The first kappa shape index (κ1) is 28.8. The lowest BCUT2D eigenvalue weighted by Crippen LogP contribution is -2.49. The Morgan fingerprint density at radius 2 is 1.70 bits per heavy atom. The molecule has 3 aliphatic rings. The van der Waals surface area contributed by atoms with E-state index in [-0.39, 0.29) is 13.0 Å². The Kier molecular flexibility index (Phi) is 9.27. The molecule has 5 rings (SSSR count). The summed E-state index contributed by atoms with van der Waals surface area (Å²) in [6.07, 6.45) is 16.0. The fraction of sp³-hybridized carbons (Fsp3) is 0.588. The van der Waals surface area contributed by atoms with Crippen molar-refractivity contribution in [2.45, 2.75) is 115 Å². The molecular formula is C34H46N2O4. The molecule has 40 heavy (non-hydrogen) atoms. The van der Waals surface area contributed by atoms with E-state index in [9.17, 15) is 19.8 Å². The number of amides is 1. The van der Waals surface area contributed by atoms with Gasteiger partial charge in [0.25, 0.3) is 5.91 Å². The maximum Gasteiger partial charge on any atom is 0.326 e. The molecule has 3 N–H and O–H groups in total. The fourth-order valence-corrected chi connectivity index (χ4v) is 7.45. The van der Waals surface area contributed by atoms with Crippen molar-refractivity contribution in [3.63, 3.8) is 0 Å². The van der Waals surface area contributed by atoms with Gasteiger partial charge >= 0.3 is 5.97 Å². The van der Waals surface area contributed by atoms with E-state index in [2.05, 4.69) is 22.3 Å². The van der Waals surface area contributed by atoms with Crippen LogP contribution in [0.15, 0.2) is 42.5 Å². The summed E-state index contributed by atoms with van der Waals surface area (Å²) in [5, 5.41) is 21.5. The summed E-state index contributed by atoms with van der Waals surface area (Å²) in [5.41, 5.74) is 4.87. The van der Waals surface area contributed by atoms with Crippen LogP contribution in [0.5, 0.6) is 0 Å². The highest BCUT2D eigenvalue weighted by Crippen LogP contribution is 2.48. The molecule has 1 amide bonds. The maximum absolute atomic E-state index is 13.4. The number of aliphatic hydroxyl groups is 1. The van der Waals surface area contributed by atoms with Gasteiger partial charge in [0.1, 0.15) is 6.04 Å². The molecule has 216 valence electrons. The minimum Gasteiger partial charge on any atom is -0.480 e. The number of aliphatic hydroxyl groups excluding tert-OH is 1. The largest absolute Gasteiger partial charge is 0.480 e. The van der Waals surface area contributed by atoms with Crippen LogP contribution in [-0.2, 0) is 11.3 Å². The smallest absolute Gasteiger partial charge is 0.326 e. The van der Waals surface area contributed by atoms with Crippen LogP contribution in [0.1, 0.15) is 105 Å². The lowest BCUT2D eigenvalue weighted by molar-refractivity contribution is -0.139. The Morgan fingerprint density at radius 3 is 2.35 bits per heavy atom. The van der Waals surface area contributed by atoms with Crippen LogP contribution in [0.2, 0.25) is 0 Å². The van der Waals surface area contributed by atoms with Crippen molar-refractivity contribution in [1.82, 2.24) is 10.2 Å². The number of carbonyl (C=O) groups is 2. The van der Waals surface area contributed by atoms with Gasteiger partial charge in [-0.25, -0.2) is 4.79 Å². The summed E-state index contributed by atoms with van der Waals surface area (Å²) < 4.78 is 0. The normalized spacial score (nSPS) is 20.0. The molecule has 3 fully saturated rings. The van der Waals surface area contributed by atoms with Crippen LogP contribution < -0.4 is 5.32 Å². The molecule has 0 spiro atoms. The van der Waals surface area contributed by atoms with Gasteiger partial charge in [0.05, 0.1) is 0 Å². The highest BCUT2D eigenvalue weighted by molar-refractivity contribution is 6.02. The molecule has 3 saturated carbocycles. The van der Waals surface area contributed by atoms with E-state index in [4.69, 9.17) is 0 Å². The van der Waals surface area contributed by atoms with Crippen molar-refractivity contribution >= 4 is 11.9 Å². The summed E-state index contributed by atoms with van der Waals surface area (Å²) in [4.78, 5) is 27.9. The molecule has 0 heterocycles. The summed E-state index contributed by atoms with van der Waals surface area (Å²) in [5.74, 6) is -0.714. The van der Waals surface area contributed by atoms with Gasteiger partial charge in [0.15, 0.2) is 0 Å². The molecule has 0 saturated heterocycles. The van der Waals surface area contributed by atoms with Crippen molar-refractivity contribution in [2.75, 3.05) is 6.61 Å². The van der Waals surface area contributed by atoms with E-state index in [0.29, 0.717) is 17.1 Å². The highest BCUT2D eigenvalue weighted by atomic mass is 16.4. The number of carboxylic acid groups (broad SMARTS) is 1. The first-order valence-corrected chi connectivity index (χ1v) is 15.5. The molecule has 2 aromatic rings. The second-order valence-corrected chi connectivity index (χ2v) is 12.6. The molecule has 3 aliphatic carbocycles. The Labute approximate surface area is 239 Å². The molecule has 1 unspecified atom stereocenters. The van der Waals surface area contributed by atoms with Gasteiger partial charge in [-0.05, 0) is 79.3 Å². The van der Waals surface area contributed by atoms with Gasteiger partial charge in [-0.3, -0.25) is 9.69 Å². The monoisotopic (exact) mass is 546 g/mol. The molecule has 0 radical (unpaired) electrons. The molecular weight excluding hydrogens is 500 g/mol. The summed E-state index contributed by atoms with van der Waals surface area (Å²) in [6.45, 7) is 2.63. The zero-order chi connectivity index (χ0) is 28.1. The number of carboxylic acids is 1. The van der Waals surface area contributed by atoms with Crippen LogP contribution in [-0.4, -0.2) is 51.2 Å². The third-order valence-electron chi connectivity index (χ3n) is 9.66. The summed E-state index contributed by atoms with van der Waals surface area (Å²) in [7, 11) is 0. The van der Waals surface area contributed by atoms with Gasteiger partial charge in [-0.2, -0.15) is 0 Å². The third kappa shape index (κ3) is 6.60. The quantitative estimate of drug-likeness (QED) is 0.284. The van der Waals surface area contributed by atoms with Gasteiger partial charge < -0.3 is 15.5 Å². The van der Waals surface area contributed by atoms with Crippen LogP contribution in [0.25, 0.3) is 11.1 Å². The lowest BCUT2D eigenvalue weighted by atomic mass is 9.77. The van der Waals surface area contributed by atoms with Crippen molar-refractivity contribution < 1.29 is 19.8 Å². The van der Waals surface area contributed by atoms with Gasteiger partial charge in [0, 0.05) is 36.7 Å². The number of aryl methyl sites for hydroxylation is 1. The Hall–Kier alpha value is -2.70. The van der Waals surface area contributed by atoms with E-state index in [1.807, 2.05) is 37.3 Å². The Bertz CT molecular complexity index is 1180. The van der Waals surface area contributed by atoms with Crippen LogP contribution in [0.3, 0.4) is 0 Å². The minimum atomic E-state index is -1.14. The van der Waals surface area contributed by atoms with Crippen LogP contribution >= 0.6 is 0 Å². The molecule has 6 heteroatoms. The van der Waals surface area contributed by atoms with E-state index >= 15 is 0 Å². The topological polar surface area (TPSA) is 89.9 Å². The van der Waals surface area contributed by atoms with Gasteiger partial charge in [-0.15, -0.1) is 0 Å². The zero-order valence-electron chi connectivity index (χ0n) is 24.0. The van der Waals surface area contributed by atoms with Crippen molar-refractivity contribution in [3.05, 3.63) is 59.2 Å². The number of nitrogens with one attached hydrogen (secondary N) is 1. The first-order valence-electron chi connectivity index (χ1n) is 15.5. The predicted octanol–water partition coefficient (Wildman–Crippen LogP) is 6.48. The molecule has 6 nitrogen and oxygen atoms in total. The van der Waals surface area contributed by atoms with Crippen LogP contribution in [0.4, 0.5) is 0 Å². The average molecular weight is 547 g/mol. The molecule has 2 aromatic carbocycles. The number of carbonyl (C=O) groups excluding carboxylic acids is 1. The minimum absolute atomic E-state index is 0.0295. The predicted molar refractivity (Wildman–Crippen MR) is 158 cm³/mol. The van der Waals surface area contributed by atoms with E-state index in [0.717, 1.165) is 29.2 Å². The summed E-state index contributed by atoms with van der Waals surface area (Å²) >= 11 is 0. The molecule has 0 bridgehead atoms. The molecule has 0 aromatic heterocycles. The van der Waals surface area contributed by atoms with E-state index < -0.39 is 17.9 Å². The lowest BCUT2D eigenvalue weighted by Gasteiger charge is -2.45. The molecule has 0 aliphatic heterocycles. The van der Waals surface area contributed by atoms with Gasteiger partial charge in [-0.1, -0.05) is 75.3 Å². The number of benzene rings is 2. The van der Waals surface area contributed by atoms with Gasteiger partial charge in [0.2, 0.25) is 0 Å². The second-order valence-electron chi connectivity index (χ2n) is 12.6. The number of nitrogens with zero attached hydrogens (tertiary/aromatic N) is 1. The third-order valence-corrected chi connectivity index (χ3v) is 9.66. The second kappa shape index (κ2) is 12.9. The average Bonchev–Trinajstić information content (AvgIpc) is 3.69. The standard InChI is InChI=1S/C34H46N2O4/c1-24-9-5-6-12-28(24)30-21-26(13-16-29(30)32(38)35-31(17-20-37)33(39)40)23-36(27-14-15-27)34(18-7-8-19-34)22-25-10-3-2-4-11-25/h5-6,9,12-13,16,21,25,27,31,37H,2-4,7-8,10-11,14-15,17-20,22-23H2,1H3,(H,35,38)(H,39,40). The maximum atomic E-state index is 13.4. The number of hydrogen-bond donors (Lipinski definition) is 3. The summed E-state index contributed by atoms with van der Waals surface area (Å²) in [6, 6.07) is 13.7. The van der Waals surface area contributed by atoms with E-state index in [1.165, 1.54) is 82.6 Å². The molecule has 1 atom stereocenters. The van der Waals surface area contributed by atoms with E-state index in [1.54, 1.807) is 0 Å². The number of hydrogen-bond acceptors (Lipinski definition) is 4. The van der Waals surface area contributed by atoms with Crippen LogP contribution in [0, 0.1) is 12.8 Å². The Balaban J connectivity index is 1.46.